The van der Waals surface area contributed by atoms with Gasteiger partial charge < -0.3 is 46.7 Å². The maximum Gasteiger partial charge on any atom is 0.418 e. The first-order chi connectivity index (χ1) is 34.6. The molecule has 9 fully saturated rings. The van der Waals surface area contributed by atoms with Crippen molar-refractivity contribution in [2.45, 2.75) is 104 Å². The van der Waals surface area contributed by atoms with Crippen LogP contribution >= 0.6 is 0 Å². The predicted molar refractivity (Wildman–Crippen MR) is 240 cm³/mol. The summed E-state index contributed by atoms with van der Waals surface area (Å²) in [7, 11) is -13.5. The number of urea groups is 3. The van der Waals surface area contributed by atoms with E-state index in [-0.39, 0.29) is 45.5 Å². The molecule has 9 rings (SSSR count). The molecular formula is C36H61N13O22S3. The number of hydrogen-bond acceptors (Lipinski definition) is 24. The van der Waals surface area contributed by atoms with Gasteiger partial charge in [0.2, 0.25) is 0 Å². The van der Waals surface area contributed by atoms with Gasteiger partial charge in [-0.1, -0.05) is 0 Å². The molecule has 9 saturated heterocycles. The minimum absolute atomic E-state index is 0.0695. The van der Waals surface area contributed by atoms with Gasteiger partial charge in [0.1, 0.15) is 18.1 Å². The summed E-state index contributed by atoms with van der Waals surface area (Å²) in [5, 5.41) is 5.11. The third kappa shape index (κ3) is 14.3. The number of hydroxylamine groups is 9. The van der Waals surface area contributed by atoms with E-state index in [1.54, 1.807) is 0 Å². The van der Waals surface area contributed by atoms with Gasteiger partial charge >= 0.3 is 38.9 Å². The van der Waals surface area contributed by atoms with Gasteiger partial charge in [-0.25, -0.2) is 30.8 Å². The highest BCUT2D eigenvalue weighted by Gasteiger charge is 2.52. The zero-order valence-electron chi connectivity index (χ0n) is 39.8. The van der Waals surface area contributed by atoms with Crippen LogP contribution in [0.5, 0.6) is 0 Å². The molecule has 0 aliphatic carbocycles. The number of ether oxygens (including phenoxy) is 2. The highest BCUT2D eigenvalue weighted by Crippen LogP contribution is 2.33. The van der Waals surface area contributed by atoms with E-state index in [4.69, 9.17) is 54.6 Å². The first-order valence-electron chi connectivity index (χ1n) is 23.1. The zero-order chi connectivity index (χ0) is 54.0. The lowest BCUT2D eigenvalue weighted by molar-refractivity contribution is -0.148. The van der Waals surface area contributed by atoms with Crippen LogP contribution in [-0.2, 0) is 82.1 Å². The molecule has 35 nitrogen and oxygen atoms in total. The fourth-order valence-electron chi connectivity index (χ4n) is 9.38. The summed E-state index contributed by atoms with van der Waals surface area (Å²) < 4.78 is 107. The average Bonchev–Trinajstić information content (AvgIpc) is 4.10. The Kier molecular flexibility index (Phi) is 17.5. The summed E-state index contributed by atoms with van der Waals surface area (Å²) in [6, 6.07) is -6.12. The number of amides is 9. The van der Waals surface area contributed by atoms with Crippen molar-refractivity contribution in [3.05, 3.63) is 0 Å². The number of nitrogens with two attached hydrogens (primary N) is 3. The van der Waals surface area contributed by atoms with Crippen LogP contribution in [0.4, 0.5) is 14.4 Å². The third-order valence-corrected chi connectivity index (χ3v) is 14.4. The van der Waals surface area contributed by atoms with E-state index in [1.807, 2.05) is 0 Å². The van der Waals surface area contributed by atoms with Crippen LogP contribution in [0.1, 0.15) is 51.4 Å². The number of carbonyl (C=O) groups is 6. The summed E-state index contributed by atoms with van der Waals surface area (Å²) in [6.07, 6.45) is 4.36. The second-order valence-electron chi connectivity index (χ2n) is 19.4. The average molecular weight is 1120 g/mol. The number of fused-ring (bicyclic) bond motifs is 6. The lowest BCUT2D eigenvalue weighted by Gasteiger charge is -2.37. The molecule has 0 aromatic carbocycles. The molecule has 9 amide bonds. The molecule has 6 bridgehead atoms. The number of rotatable bonds is 18. The number of carbonyl (C=O) groups excluding carboxylic acids is 6. The summed E-state index contributed by atoms with van der Waals surface area (Å²) in [5.74, 6) is -1.54. The minimum Gasteiger partial charge on any atom is -0.379 e. The Balaban J connectivity index is 0.000000162. The molecule has 12 N–H and O–H groups in total. The maximum absolute atomic E-state index is 12.3. The van der Waals surface area contributed by atoms with Crippen molar-refractivity contribution in [2.75, 3.05) is 85.2 Å². The van der Waals surface area contributed by atoms with Crippen molar-refractivity contribution in [3.8, 4) is 0 Å². The van der Waals surface area contributed by atoms with Crippen LogP contribution < -0.4 is 39.0 Å². The molecule has 8 atom stereocenters. The molecule has 38 heteroatoms. The molecule has 9 heterocycles. The summed E-state index contributed by atoms with van der Waals surface area (Å²) in [5.41, 5.74) is 23.0. The third-order valence-electron chi connectivity index (χ3n) is 13.2. The van der Waals surface area contributed by atoms with Crippen molar-refractivity contribution in [2.24, 2.45) is 17.2 Å². The van der Waals surface area contributed by atoms with E-state index in [0.29, 0.717) is 88.0 Å². The first kappa shape index (κ1) is 57.2. The monoisotopic (exact) mass is 1120 g/mol. The van der Waals surface area contributed by atoms with Crippen LogP contribution in [0.3, 0.4) is 0 Å². The number of hydrogen-bond donors (Lipinski definition) is 9. The Labute approximate surface area is 423 Å². The molecule has 0 aromatic rings. The van der Waals surface area contributed by atoms with E-state index in [1.165, 1.54) is 14.7 Å². The second-order valence-corrected chi connectivity index (χ2v) is 22.9. The molecule has 2 unspecified atom stereocenters. The first-order valence-corrected chi connectivity index (χ1v) is 27.6. The van der Waals surface area contributed by atoms with Crippen molar-refractivity contribution >= 4 is 66.7 Å². The van der Waals surface area contributed by atoms with Crippen molar-refractivity contribution < 1.29 is 100.0 Å². The quantitative estimate of drug-likeness (QED) is 0.0455. The Morgan fingerprint density at radius 3 is 1.30 bits per heavy atom. The van der Waals surface area contributed by atoms with Gasteiger partial charge in [-0.2, -0.15) is 40.4 Å². The predicted octanol–water partition coefficient (Wildman–Crippen LogP) is -6.20. The molecule has 0 spiro atoms. The summed E-state index contributed by atoms with van der Waals surface area (Å²) >= 11 is 0. The fourth-order valence-corrected chi connectivity index (χ4v) is 10.6. The van der Waals surface area contributed by atoms with Crippen LogP contribution in [0.25, 0.3) is 0 Å². The minimum atomic E-state index is -4.82. The van der Waals surface area contributed by atoms with Crippen LogP contribution in [0, 0.1) is 0 Å². The van der Waals surface area contributed by atoms with E-state index < -0.39 is 114 Å². The number of piperidine rings is 3. The van der Waals surface area contributed by atoms with E-state index >= 15 is 0 Å². The fraction of sp³-hybridized carbons (Fsp3) is 0.833. The second kappa shape index (κ2) is 22.6. The molecule has 0 radical (unpaired) electrons. The van der Waals surface area contributed by atoms with Crippen molar-refractivity contribution in [1.29, 1.82) is 0 Å². The standard InChI is InChI=1S/C13H23N5O6S.C12H20N4O8S.C11H18N4O8S/c1-25(21,22)24-18-9-2-3-10(17(6-9)12(18)20)11(19)16-23-8-13(14)4-5-15-7-13;13-12(3-4-22-6-12)7-23-14-10(17)9-2-1-8-5-15(9)11(18)16(8)24-25(19,20)21;12-11(4-21-5-11)6-22-13-9(16)8-2-1-7-3-14(8)10(17)15(7)23-24(18,19)20/h9-10,15H,2-8,14H2,1H3,(H,16,19);8-9H,1-7,13H2,(H,14,17)(H,19,20,21);7-8H,1-6,12H2,(H,13,16)(H,18,19,20)/t9-,10+,13?;8-,9+,12?;7-,8+/m111/s1. The highest BCUT2D eigenvalue weighted by atomic mass is 32.3. The van der Waals surface area contributed by atoms with E-state index in [0.717, 1.165) is 24.3 Å². The Morgan fingerprint density at radius 2 is 0.973 bits per heavy atom. The molecular weight excluding hydrogens is 1060 g/mol. The largest absolute Gasteiger partial charge is 0.418 e. The lowest BCUT2D eigenvalue weighted by atomic mass is 10.0. The molecule has 0 saturated carbocycles. The van der Waals surface area contributed by atoms with Gasteiger partial charge in [0.05, 0.1) is 80.6 Å². The van der Waals surface area contributed by atoms with Gasteiger partial charge in [0.15, 0.2) is 0 Å². The molecule has 0 aromatic heterocycles. The lowest BCUT2D eigenvalue weighted by Crippen LogP contribution is -2.61. The molecule has 9 aliphatic rings. The smallest absolute Gasteiger partial charge is 0.379 e. The summed E-state index contributed by atoms with van der Waals surface area (Å²) in [6.45, 7) is 3.70. The van der Waals surface area contributed by atoms with Crippen molar-refractivity contribution in [3.63, 3.8) is 0 Å². The zero-order valence-corrected chi connectivity index (χ0v) is 42.3. The van der Waals surface area contributed by atoms with Gasteiger partial charge in [-0.15, -0.1) is 12.9 Å². The van der Waals surface area contributed by atoms with Gasteiger partial charge in [0, 0.05) is 32.8 Å². The van der Waals surface area contributed by atoms with Crippen LogP contribution in [0.2, 0.25) is 0 Å². The summed E-state index contributed by atoms with van der Waals surface area (Å²) in [4.78, 5) is 92.6. The van der Waals surface area contributed by atoms with Crippen LogP contribution in [0.15, 0.2) is 0 Å². The number of nitrogens with zero attached hydrogens (tertiary/aromatic N) is 6. The molecule has 9 aliphatic heterocycles. The SMILES string of the molecule is CS(=O)(=O)ON1C(=O)N2C[C@H]1CC[C@H]2C(=O)NOCC1(N)CCNC1.NC1(CONC(=O)[C@@H]2CC[C@@H]3CN2C(=O)N3OS(=O)(=O)O)CCOC1.NC1(CONC(=O)[C@@H]2CC[C@@H]3CN2C(=O)N3OS(=O)(=O)O)COC1. The molecule has 74 heavy (non-hydrogen) atoms. The Bertz CT molecular complexity index is 2350. The highest BCUT2D eigenvalue weighted by molar-refractivity contribution is 7.85. The topological polar surface area (TPSA) is 465 Å². The van der Waals surface area contributed by atoms with E-state index in [9.17, 15) is 54.0 Å². The van der Waals surface area contributed by atoms with Crippen molar-refractivity contribution in [1.82, 2.24) is 51.6 Å². The van der Waals surface area contributed by atoms with Crippen LogP contribution in [-0.4, -0.2) is 238 Å². The van der Waals surface area contributed by atoms with Gasteiger partial charge in [0.25, 0.3) is 27.8 Å². The normalized spacial score (nSPS) is 31.1. The Hall–Kier alpha value is -4.49. The number of nitrogens with one attached hydrogen (secondary N) is 4. The Morgan fingerprint density at radius 1 is 0.595 bits per heavy atom. The maximum atomic E-state index is 12.3. The van der Waals surface area contributed by atoms with E-state index in [2.05, 4.69) is 30.3 Å². The van der Waals surface area contributed by atoms with Gasteiger partial charge in [-0.3, -0.25) is 38.0 Å². The van der Waals surface area contributed by atoms with Gasteiger partial charge in [-0.05, 0) is 57.9 Å². The molecule has 420 valence electrons.